The van der Waals surface area contributed by atoms with Crippen molar-refractivity contribution in [3.05, 3.63) is 48.0 Å². The highest BCUT2D eigenvalue weighted by Crippen LogP contribution is 2.27. The summed E-state index contributed by atoms with van der Waals surface area (Å²) < 4.78 is 15.0. The molecule has 0 saturated heterocycles. The highest BCUT2D eigenvalue weighted by Gasteiger charge is 2.13. The number of halogens is 1. The molecular weight excluding hydrogens is 179 g/mol. The number of hydrogen-bond acceptors (Lipinski definition) is 1. The van der Waals surface area contributed by atoms with Crippen molar-refractivity contribution >= 4 is 5.69 Å². The molecule has 70 valence electrons. The molecule has 3 heteroatoms. The van der Waals surface area contributed by atoms with E-state index < -0.39 is 0 Å². The number of nitrogens with one attached hydrogen (secondary N) is 1. The number of fused-ring (bicyclic) bond motifs is 3. The minimum absolute atomic E-state index is 0.202. The second-order valence-electron chi connectivity index (χ2n) is 3.38. The molecule has 0 amide bonds. The zero-order chi connectivity index (χ0) is 9.54. The van der Waals surface area contributed by atoms with E-state index in [0.717, 1.165) is 17.9 Å². The Hall–Kier alpha value is -1.77. The molecule has 0 radical (unpaired) electrons. The standard InChI is InChI=1S/C11H9FN2/c12-8-3-4-11-10(6-8)13-7-9-2-1-5-14(9)11/h1-6,13H,7H2. The van der Waals surface area contributed by atoms with Crippen molar-refractivity contribution < 1.29 is 4.39 Å². The maximum absolute atomic E-state index is 12.9. The zero-order valence-corrected chi connectivity index (χ0v) is 7.50. The van der Waals surface area contributed by atoms with Crippen molar-refractivity contribution in [3.8, 4) is 5.69 Å². The number of rotatable bonds is 0. The van der Waals surface area contributed by atoms with Gasteiger partial charge in [-0.1, -0.05) is 0 Å². The van der Waals surface area contributed by atoms with Crippen molar-refractivity contribution in [2.75, 3.05) is 5.32 Å². The highest BCUT2D eigenvalue weighted by molar-refractivity contribution is 5.64. The molecule has 1 aromatic heterocycles. The van der Waals surface area contributed by atoms with Gasteiger partial charge in [0.2, 0.25) is 0 Å². The minimum atomic E-state index is -0.202. The molecule has 2 heterocycles. The van der Waals surface area contributed by atoms with Gasteiger partial charge in [-0.25, -0.2) is 4.39 Å². The van der Waals surface area contributed by atoms with Crippen LogP contribution in [0, 0.1) is 5.82 Å². The molecule has 1 aromatic carbocycles. The van der Waals surface area contributed by atoms with E-state index in [-0.39, 0.29) is 5.82 Å². The van der Waals surface area contributed by atoms with Gasteiger partial charge in [-0.15, -0.1) is 0 Å². The van der Waals surface area contributed by atoms with Crippen LogP contribution in [0.25, 0.3) is 5.69 Å². The van der Waals surface area contributed by atoms with E-state index in [1.54, 1.807) is 6.07 Å². The Morgan fingerprint density at radius 1 is 1.29 bits per heavy atom. The van der Waals surface area contributed by atoms with Gasteiger partial charge in [-0.05, 0) is 30.3 Å². The molecule has 0 saturated carbocycles. The number of anilines is 1. The molecule has 2 aromatic rings. The molecule has 0 aliphatic carbocycles. The lowest BCUT2D eigenvalue weighted by molar-refractivity contribution is 0.627. The number of benzene rings is 1. The van der Waals surface area contributed by atoms with Crippen LogP contribution in [0.15, 0.2) is 36.5 Å². The van der Waals surface area contributed by atoms with Gasteiger partial charge < -0.3 is 9.88 Å². The summed E-state index contributed by atoms with van der Waals surface area (Å²) in [4.78, 5) is 0. The first-order chi connectivity index (χ1) is 6.84. The van der Waals surface area contributed by atoms with Gasteiger partial charge >= 0.3 is 0 Å². The molecule has 1 aliphatic heterocycles. The van der Waals surface area contributed by atoms with Crippen molar-refractivity contribution in [2.45, 2.75) is 6.54 Å². The van der Waals surface area contributed by atoms with Gasteiger partial charge in [0.15, 0.2) is 0 Å². The Balaban J connectivity index is 2.26. The predicted molar refractivity (Wildman–Crippen MR) is 53.1 cm³/mol. The van der Waals surface area contributed by atoms with Gasteiger partial charge in [0.05, 0.1) is 17.9 Å². The molecule has 2 nitrogen and oxygen atoms in total. The summed E-state index contributed by atoms with van der Waals surface area (Å²) >= 11 is 0. The van der Waals surface area contributed by atoms with Gasteiger partial charge in [-0.2, -0.15) is 0 Å². The average molecular weight is 188 g/mol. The predicted octanol–water partition coefficient (Wildman–Crippen LogP) is 2.54. The molecule has 1 N–H and O–H groups in total. The van der Waals surface area contributed by atoms with Crippen LogP contribution in [0.4, 0.5) is 10.1 Å². The van der Waals surface area contributed by atoms with Crippen molar-refractivity contribution in [2.24, 2.45) is 0 Å². The van der Waals surface area contributed by atoms with Crippen LogP contribution in [-0.2, 0) is 6.54 Å². The van der Waals surface area contributed by atoms with Gasteiger partial charge in [0, 0.05) is 11.9 Å². The van der Waals surface area contributed by atoms with Crippen molar-refractivity contribution in [1.82, 2.24) is 4.57 Å². The first kappa shape index (κ1) is 7.62. The lowest BCUT2D eigenvalue weighted by atomic mass is 10.2. The van der Waals surface area contributed by atoms with E-state index in [2.05, 4.69) is 16.0 Å². The van der Waals surface area contributed by atoms with Crippen LogP contribution in [0.5, 0.6) is 0 Å². The van der Waals surface area contributed by atoms with E-state index in [9.17, 15) is 4.39 Å². The fourth-order valence-corrected chi connectivity index (χ4v) is 1.84. The topological polar surface area (TPSA) is 17.0 Å². The second-order valence-corrected chi connectivity index (χ2v) is 3.38. The summed E-state index contributed by atoms with van der Waals surface area (Å²) in [7, 11) is 0. The van der Waals surface area contributed by atoms with Crippen molar-refractivity contribution in [3.63, 3.8) is 0 Å². The van der Waals surface area contributed by atoms with Crippen LogP contribution in [-0.4, -0.2) is 4.57 Å². The Bertz CT molecular complexity index is 488. The summed E-state index contributed by atoms with van der Waals surface area (Å²) in [6.07, 6.45) is 1.99. The third kappa shape index (κ3) is 0.954. The summed E-state index contributed by atoms with van der Waals surface area (Å²) in [5.74, 6) is -0.202. The molecular formula is C11H9FN2. The van der Waals surface area contributed by atoms with E-state index in [1.165, 1.54) is 17.8 Å². The lowest BCUT2D eigenvalue weighted by Crippen LogP contribution is -2.14. The van der Waals surface area contributed by atoms with Crippen LogP contribution in [0.1, 0.15) is 5.69 Å². The molecule has 1 aliphatic rings. The Morgan fingerprint density at radius 2 is 2.21 bits per heavy atom. The van der Waals surface area contributed by atoms with E-state index in [1.807, 2.05) is 12.3 Å². The number of hydrogen-bond donors (Lipinski definition) is 1. The van der Waals surface area contributed by atoms with Crippen molar-refractivity contribution in [1.29, 1.82) is 0 Å². The summed E-state index contributed by atoms with van der Waals surface area (Å²) in [5.41, 5.74) is 3.07. The van der Waals surface area contributed by atoms with E-state index >= 15 is 0 Å². The molecule has 0 atom stereocenters. The Morgan fingerprint density at radius 3 is 3.14 bits per heavy atom. The molecule has 0 fully saturated rings. The fourth-order valence-electron chi connectivity index (χ4n) is 1.84. The molecule has 14 heavy (non-hydrogen) atoms. The van der Waals surface area contributed by atoms with Crippen LogP contribution in [0.2, 0.25) is 0 Å². The third-order valence-corrected chi connectivity index (χ3v) is 2.51. The van der Waals surface area contributed by atoms with Crippen LogP contribution < -0.4 is 5.32 Å². The lowest BCUT2D eigenvalue weighted by Gasteiger charge is -2.21. The van der Waals surface area contributed by atoms with Gasteiger partial charge in [-0.3, -0.25) is 0 Å². The molecule has 0 bridgehead atoms. The first-order valence-corrected chi connectivity index (χ1v) is 4.54. The van der Waals surface area contributed by atoms with E-state index in [0.29, 0.717) is 0 Å². The maximum Gasteiger partial charge on any atom is 0.125 e. The van der Waals surface area contributed by atoms with E-state index in [4.69, 9.17) is 0 Å². The van der Waals surface area contributed by atoms with Gasteiger partial charge in [0.25, 0.3) is 0 Å². The molecule has 3 rings (SSSR count). The molecule has 0 unspecified atom stereocenters. The van der Waals surface area contributed by atoms with Crippen LogP contribution in [0.3, 0.4) is 0 Å². The third-order valence-electron chi connectivity index (χ3n) is 2.51. The first-order valence-electron chi connectivity index (χ1n) is 4.54. The molecule has 0 spiro atoms. The highest BCUT2D eigenvalue weighted by atomic mass is 19.1. The van der Waals surface area contributed by atoms with Gasteiger partial charge in [0.1, 0.15) is 5.82 Å². The SMILES string of the molecule is Fc1ccc2c(c1)NCc1cccn1-2. The second kappa shape index (κ2) is 2.61. The fraction of sp³-hybridized carbons (Fsp3) is 0.0909. The van der Waals surface area contributed by atoms with Crippen LogP contribution >= 0.6 is 0 Å². The minimum Gasteiger partial charge on any atom is -0.378 e. The number of aromatic nitrogens is 1. The average Bonchev–Trinajstić information content (AvgIpc) is 2.65. The Labute approximate surface area is 81.0 Å². The monoisotopic (exact) mass is 188 g/mol. The largest absolute Gasteiger partial charge is 0.378 e. The maximum atomic E-state index is 12.9. The summed E-state index contributed by atoms with van der Waals surface area (Å²) in [6, 6.07) is 8.85. The Kier molecular flexibility index (Phi) is 1.42. The normalized spacial score (nSPS) is 12.9. The quantitative estimate of drug-likeness (QED) is 0.672. The summed E-state index contributed by atoms with van der Waals surface area (Å²) in [5, 5.41) is 3.18. The summed E-state index contributed by atoms with van der Waals surface area (Å²) in [6.45, 7) is 0.753. The smallest absolute Gasteiger partial charge is 0.125 e. The zero-order valence-electron chi connectivity index (χ0n) is 7.50. The number of nitrogens with zero attached hydrogens (tertiary/aromatic N) is 1.